The minimum absolute atomic E-state index is 0.247. The van der Waals surface area contributed by atoms with E-state index in [4.69, 9.17) is 0 Å². The minimum atomic E-state index is -0.435. The third-order valence-electron chi connectivity index (χ3n) is 3.55. The molecule has 6 nitrogen and oxygen atoms in total. The molecule has 6 heteroatoms. The average molecular weight is 308 g/mol. The lowest BCUT2D eigenvalue weighted by atomic mass is 10.1. The first-order valence-corrected chi connectivity index (χ1v) is 7.37. The molecule has 0 saturated carbocycles. The van der Waals surface area contributed by atoms with Crippen LogP contribution in [-0.2, 0) is 11.3 Å². The molecule has 2 aromatic rings. The molecule has 0 spiro atoms. The van der Waals surface area contributed by atoms with Crippen LogP contribution in [0.1, 0.15) is 24.5 Å². The van der Waals surface area contributed by atoms with Gasteiger partial charge in [-0.25, -0.2) is 14.7 Å². The summed E-state index contributed by atoms with van der Waals surface area (Å²) in [5, 5.41) is 5.52. The molecule has 1 aromatic heterocycles. The lowest BCUT2D eigenvalue weighted by molar-refractivity contribution is -0.117. The number of anilines is 1. The number of urea groups is 1. The lowest BCUT2D eigenvalue weighted by Gasteiger charge is -2.32. The van der Waals surface area contributed by atoms with Gasteiger partial charge in [0, 0.05) is 24.4 Å². The summed E-state index contributed by atoms with van der Waals surface area (Å²) < 4.78 is 0. The summed E-state index contributed by atoms with van der Waals surface area (Å²) in [5.41, 5.74) is 2.31. The van der Waals surface area contributed by atoms with Crippen molar-refractivity contribution in [3.8, 4) is 0 Å². The van der Waals surface area contributed by atoms with E-state index in [1.807, 2.05) is 24.3 Å². The molecule has 0 N–H and O–H groups in total. The van der Waals surface area contributed by atoms with E-state index in [1.54, 1.807) is 37.7 Å². The molecule has 0 fully saturated rings. The third-order valence-corrected chi connectivity index (χ3v) is 3.55. The fourth-order valence-corrected chi connectivity index (χ4v) is 2.39. The van der Waals surface area contributed by atoms with E-state index in [2.05, 4.69) is 10.1 Å². The molecule has 3 rings (SSSR count). The van der Waals surface area contributed by atoms with Gasteiger partial charge in [0.1, 0.15) is 0 Å². The van der Waals surface area contributed by atoms with E-state index >= 15 is 0 Å². The monoisotopic (exact) mass is 308 g/mol. The Kier molecular flexibility index (Phi) is 4.14. The highest BCUT2D eigenvalue weighted by atomic mass is 16.2. The Hall–Kier alpha value is -3.02. The Morgan fingerprint density at radius 2 is 2.13 bits per heavy atom. The maximum Gasteiger partial charge on any atom is 0.352 e. The molecule has 0 unspecified atom stereocenters. The van der Waals surface area contributed by atoms with Crippen LogP contribution in [-0.4, -0.2) is 28.1 Å². The van der Waals surface area contributed by atoms with Crippen LogP contribution in [0.2, 0.25) is 0 Å². The summed E-state index contributed by atoms with van der Waals surface area (Å²) >= 11 is 0. The summed E-state index contributed by atoms with van der Waals surface area (Å²) in [5.74, 6) is -0.247. The number of benzene rings is 1. The Labute approximate surface area is 134 Å². The largest absolute Gasteiger partial charge is 0.352 e. The number of fused-ring (bicyclic) bond motifs is 1. The minimum Gasteiger partial charge on any atom is -0.274 e. The smallest absolute Gasteiger partial charge is 0.274 e. The quantitative estimate of drug-likeness (QED) is 0.819. The highest BCUT2D eigenvalue weighted by Crippen LogP contribution is 2.29. The number of carbonyl (C=O) groups excluding carboxylic acids is 2. The van der Waals surface area contributed by atoms with Crippen molar-refractivity contribution < 1.29 is 9.59 Å². The van der Waals surface area contributed by atoms with Crippen molar-refractivity contribution in [3.63, 3.8) is 0 Å². The molecule has 0 aliphatic carbocycles. The van der Waals surface area contributed by atoms with Gasteiger partial charge in [0.25, 0.3) is 0 Å². The van der Waals surface area contributed by atoms with E-state index in [9.17, 15) is 9.59 Å². The summed E-state index contributed by atoms with van der Waals surface area (Å²) in [4.78, 5) is 30.0. The van der Waals surface area contributed by atoms with Gasteiger partial charge in [-0.2, -0.15) is 5.10 Å². The number of pyridine rings is 1. The van der Waals surface area contributed by atoms with Gasteiger partial charge < -0.3 is 0 Å². The molecule has 116 valence electrons. The zero-order valence-corrected chi connectivity index (χ0v) is 12.7. The molecule has 3 amide bonds. The second-order valence-electron chi connectivity index (χ2n) is 5.08. The summed E-state index contributed by atoms with van der Waals surface area (Å²) in [6, 6.07) is 10.6. The van der Waals surface area contributed by atoms with Crippen molar-refractivity contribution in [2.75, 3.05) is 4.90 Å². The van der Waals surface area contributed by atoms with Crippen LogP contribution in [0.25, 0.3) is 0 Å². The number of hydrogen-bond acceptors (Lipinski definition) is 4. The van der Waals surface area contributed by atoms with Gasteiger partial charge in [0.05, 0.1) is 18.4 Å². The van der Waals surface area contributed by atoms with Gasteiger partial charge in [-0.3, -0.25) is 9.78 Å². The standard InChI is InChI=1S/C17H16N4O2/c1-2-16(22)21-15-8-4-3-7-14(15)12-20(17(21)23)19-11-13-6-5-9-18-10-13/h3-11H,2,12H2,1H3. The molecule has 1 aliphatic heterocycles. The zero-order chi connectivity index (χ0) is 16.2. The van der Waals surface area contributed by atoms with E-state index < -0.39 is 6.03 Å². The number of amides is 3. The van der Waals surface area contributed by atoms with Gasteiger partial charge in [0.2, 0.25) is 5.91 Å². The van der Waals surface area contributed by atoms with Crippen molar-refractivity contribution >= 4 is 23.8 Å². The number of carbonyl (C=O) groups is 2. The Morgan fingerprint density at radius 1 is 1.30 bits per heavy atom. The summed E-state index contributed by atoms with van der Waals surface area (Å²) in [6.07, 6.45) is 5.13. The van der Waals surface area contributed by atoms with Gasteiger partial charge in [0.15, 0.2) is 0 Å². The normalized spacial score (nSPS) is 14.2. The molecule has 0 atom stereocenters. The van der Waals surface area contributed by atoms with Gasteiger partial charge >= 0.3 is 6.03 Å². The van der Waals surface area contributed by atoms with Crippen molar-refractivity contribution in [1.29, 1.82) is 0 Å². The average Bonchev–Trinajstić information content (AvgIpc) is 2.60. The Morgan fingerprint density at radius 3 is 2.87 bits per heavy atom. The number of rotatable bonds is 3. The number of hydrogen-bond donors (Lipinski definition) is 0. The van der Waals surface area contributed by atoms with E-state index in [1.165, 1.54) is 9.91 Å². The number of aromatic nitrogens is 1. The van der Waals surface area contributed by atoms with Crippen molar-refractivity contribution in [2.45, 2.75) is 19.9 Å². The number of para-hydroxylation sites is 1. The molecule has 1 aromatic carbocycles. The lowest BCUT2D eigenvalue weighted by Crippen LogP contribution is -2.47. The Balaban J connectivity index is 1.93. The van der Waals surface area contributed by atoms with Crippen LogP contribution in [0.3, 0.4) is 0 Å². The fraction of sp³-hybridized carbons (Fsp3) is 0.176. The molecule has 0 radical (unpaired) electrons. The topological polar surface area (TPSA) is 65.9 Å². The summed E-state index contributed by atoms with van der Waals surface area (Å²) in [6.45, 7) is 2.06. The van der Waals surface area contributed by atoms with Crippen molar-refractivity contribution in [2.24, 2.45) is 5.10 Å². The van der Waals surface area contributed by atoms with Crippen LogP contribution < -0.4 is 4.90 Å². The molecular weight excluding hydrogens is 292 g/mol. The van der Waals surface area contributed by atoms with Crippen LogP contribution in [0.4, 0.5) is 10.5 Å². The molecule has 1 aliphatic rings. The first-order chi connectivity index (χ1) is 11.2. The molecule has 0 saturated heterocycles. The predicted octanol–water partition coefficient (Wildman–Crippen LogP) is 2.79. The van der Waals surface area contributed by atoms with Gasteiger partial charge in [-0.15, -0.1) is 0 Å². The number of nitrogens with zero attached hydrogens (tertiary/aromatic N) is 4. The molecule has 2 heterocycles. The van der Waals surface area contributed by atoms with E-state index in [0.717, 1.165) is 11.1 Å². The van der Waals surface area contributed by atoms with Crippen LogP contribution in [0, 0.1) is 0 Å². The zero-order valence-electron chi connectivity index (χ0n) is 12.7. The van der Waals surface area contributed by atoms with E-state index in [0.29, 0.717) is 12.2 Å². The highest BCUT2D eigenvalue weighted by Gasteiger charge is 2.33. The van der Waals surface area contributed by atoms with Gasteiger partial charge in [-0.1, -0.05) is 31.2 Å². The molecular formula is C17H16N4O2. The summed E-state index contributed by atoms with van der Waals surface area (Å²) in [7, 11) is 0. The number of hydrazone groups is 1. The third kappa shape index (κ3) is 2.96. The SMILES string of the molecule is CCC(=O)N1C(=O)N(N=Cc2cccnc2)Cc2ccccc21. The second kappa shape index (κ2) is 6.39. The van der Waals surface area contributed by atoms with Crippen molar-refractivity contribution in [3.05, 3.63) is 59.9 Å². The first-order valence-electron chi connectivity index (χ1n) is 7.37. The maximum atomic E-state index is 12.6. The second-order valence-corrected chi connectivity index (χ2v) is 5.08. The predicted molar refractivity (Wildman–Crippen MR) is 87.0 cm³/mol. The fourth-order valence-electron chi connectivity index (χ4n) is 2.39. The van der Waals surface area contributed by atoms with Crippen LogP contribution in [0.15, 0.2) is 53.9 Å². The first kappa shape index (κ1) is 14.9. The van der Waals surface area contributed by atoms with Crippen LogP contribution >= 0.6 is 0 Å². The van der Waals surface area contributed by atoms with Gasteiger partial charge in [-0.05, 0) is 17.7 Å². The van der Waals surface area contributed by atoms with Crippen LogP contribution in [0.5, 0.6) is 0 Å². The number of imide groups is 1. The Bertz CT molecular complexity index is 758. The maximum absolute atomic E-state index is 12.6. The van der Waals surface area contributed by atoms with E-state index in [-0.39, 0.29) is 12.3 Å². The highest BCUT2D eigenvalue weighted by molar-refractivity contribution is 6.15. The molecule has 23 heavy (non-hydrogen) atoms. The van der Waals surface area contributed by atoms with Crippen molar-refractivity contribution in [1.82, 2.24) is 9.99 Å². The molecule has 0 bridgehead atoms.